The molecule has 0 amide bonds. The van der Waals surface area contributed by atoms with Crippen molar-refractivity contribution in [1.29, 1.82) is 0 Å². The van der Waals surface area contributed by atoms with Crippen molar-refractivity contribution in [2.24, 2.45) is 13.5 Å². The summed E-state index contributed by atoms with van der Waals surface area (Å²) in [7, 11) is -2.23. The zero-order valence-corrected chi connectivity index (χ0v) is 29.8. The predicted molar refractivity (Wildman–Crippen MR) is 176 cm³/mol. The van der Waals surface area contributed by atoms with Crippen LogP contribution in [0.3, 0.4) is 0 Å². The molecule has 0 aromatic carbocycles. The van der Waals surface area contributed by atoms with Crippen LogP contribution in [0.2, 0.25) is 0 Å². The van der Waals surface area contributed by atoms with Gasteiger partial charge in [0.15, 0.2) is 7.36 Å². The van der Waals surface area contributed by atoms with Crippen molar-refractivity contribution in [2.45, 2.75) is 104 Å². The lowest BCUT2D eigenvalue weighted by molar-refractivity contribution is 0.168. The first-order valence-electron chi connectivity index (χ1n) is 16.2. The van der Waals surface area contributed by atoms with Gasteiger partial charge in [0.05, 0.1) is 0 Å². The fourth-order valence-electron chi connectivity index (χ4n) is 6.88. The van der Waals surface area contributed by atoms with Crippen LogP contribution in [0.5, 0.6) is 0 Å². The molecular formula is C28H60N9P3. The third-order valence-corrected chi connectivity index (χ3v) is 23.3. The van der Waals surface area contributed by atoms with E-state index in [1.54, 1.807) is 0 Å². The Morgan fingerprint density at radius 1 is 0.550 bits per heavy atom. The van der Waals surface area contributed by atoms with Crippen molar-refractivity contribution in [3.63, 3.8) is 0 Å². The van der Waals surface area contributed by atoms with E-state index in [0.717, 1.165) is 65.4 Å². The topological polar surface area (TPSA) is 56.5 Å². The van der Waals surface area contributed by atoms with Crippen molar-refractivity contribution in [3.8, 4) is 0 Å². The van der Waals surface area contributed by atoms with Crippen molar-refractivity contribution >= 4 is 22.4 Å². The molecule has 0 radical (unpaired) electrons. The maximum Gasteiger partial charge on any atom is 0.220 e. The molecule has 0 N–H and O–H groups in total. The van der Waals surface area contributed by atoms with Gasteiger partial charge in [0, 0.05) is 76.1 Å². The summed E-state index contributed by atoms with van der Waals surface area (Å²) >= 11 is 0. The average Bonchev–Trinajstić information content (AvgIpc) is 3.73. The molecule has 2 unspecified atom stereocenters. The van der Waals surface area contributed by atoms with Gasteiger partial charge >= 0.3 is 0 Å². The monoisotopic (exact) mass is 615 g/mol. The van der Waals surface area contributed by atoms with Gasteiger partial charge in [-0.15, -0.1) is 0 Å². The standard InChI is InChI=1S/C28H60N9P3/c1-27(2,3)32(7)25-26-33(8)39(35-19-11-12-20-35)29-38(28(4,5)6,34-17-9-10-18-34)30-40(31-39,36-21-13-14-22-36)37-23-15-16-24-37/h9-26H2,1-8H3. The molecule has 5 aliphatic heterocycles. The molecule has 40 heavy (non-hydrogen) atoms. The highest BCUT2D eigenvalue weighted by atomic mass is 31.3. The van der Waals surface area contributed by atoms with Gasteiger partial charge in [-0.25, -0.2) is 18.7 Å². The second-order valence-corrected chi connectivity index (χ2v) is 24.4. The highest BCUT2D eigenvalue weighted by Gasteiger charge is 2.53. The lowest BCUT2D eigenvalue weighted by atomic mass is 10.1. The van der Waals surface area contributed by atoms with E-state index in [1.165, 1.54) is 51.4 Å². The number of hydrogen-bond donors (Lipinski definition) is 0. The fourth-order valence-corrected chi connectivity index (χ4v) is 24.4. The summed E-state index contributed by atoms with van der Waals surface area (Å²) in [4.78, 5) is 2.51. The van der Waals surface area contributed by atoms with E-state index < -0.39 is 22.4 Å². The van der Waals surface area contributed by atoms with Crippen LogP contribution in [0.4, 0.5) is 0 Å². The Balaban J connectivity index is 1.79. The number of hydrogen-bond acceptors (Lipinski definition) is 9. The van der Waals surface area contributed by atoms with Gasteiger partial charge in [-0.2, -0.15) is 13.5 Å². The molecule has 232 valence electrons. The predicted octanol–water partition coefficient (Wildman–Crippen LogP) is 7.77. The van der Waals surface area contributed by atoms with Crippen LogP contribution in [0.25, 0.3) is 0 Å². The molecule has 4 saturated heterocycles. The van der Waals surface area contributed by atoms with Crippen molar-refractivity contribution in [1.82, 2.24) is 28.3 Å². The molecule has 0 aromatic heterocycles. The van der Waals surface area contributed by atoms with E-state index in [9.17, 15) is 0 Å². The lowest BCUT2D eigenvalue weighted by Crippen LogP contribution is -2.43. The molecule has 0 saturated carbocycles. The number of rotatable bonds is 8. The highest BCUT2D eigenvalue weighted by molar-refractivity contribution is 7.84. The molecule has 0 spiro atoms. The SMILES string of the molecule is CN(CCN(C)P1(N2CCCC2)=NP(N2CCCC2)(N2CCCC2)=NP(N2CCCC2)(C(C)(C)C)=N1)C(C)(C)C. The maximum absolute atomic E-state index is 6.29. The second kappa shape index (κ2) is 12.1. The Hall–Kier alpha value is 0.450. The van der Waals surface area contributed by atoms with Gasteiger partial charge in [-0.3, -0.25) is 4.67 Å². The summed E-state index contributed by atoms with van der Waals surface area (Å²) in [6.07, 6.45) is 10.2. The summed E-state index contributed by atoms with van der Waals surface area (Å²) in [5.74, 6) is 0. The minimum Gasteiger partial charge on any atom is -0.300 e. The van der Waals surface area contributed by atoms with Crippen LogP contribution in [0.15, 0.2) is 13.5 Å². The Morgan fingerprint density at radius 2 is 0.975 bits per heavy atom. The molecule has 0 aromatic rings. The van der Waals surface area contributed by atoms with Gasteiger partial charge in [0.1, 0.15) is 0 Å². The molecule has 0 bridgehead atoms. The highest BCUT2D eigenvalue weighted by Crippen LogP contribution is 2.86. The van der Waals surface area contributed by atoms with Crippen LogP contribution < -0.4 is 0 Å². The summed E-state index contributed by atoms with van der Waals surface area (Å²) < 4.78 is 32.7. The summed E-state index contributed by atoms with van der Waals surface area (Å²) in [6.45, 7) is 25.6. The minimum atomic E-state index is -2.36. The molecule has 5 aliphatic rings. The van der Waals surface area contributed by atoms with Gasteiger partial charge in [-0.05, 0) is 86.2 Å². The molecule has 9 nitrogen and oxygen atoms in total. The average molecular weight is 616 g/mol. The lowest BCUT2D eigenvalue weighted by Gasteiger charge is -2.52. The molecule has 12 heteroatoms. The molecule has 5 rings (SSSR count). The summed E-state index contributed by atoms with van der Waals surface area (Å²) in [5.41, 5.74) is 0.149. The first-order valence-corrected chi connectivity index (χ1v) is 21.1. The van der Waals surface area contributed by atoms with Crippen molar-refractivity contribution in [2.75, 3.05) is 79.5 Å². The fraction of sp³-hybridized carbons (Fsp3) is 1.00. The molecule has 5 heterocycles. The number of nitrogens with zero attached hydrogens (tertiary/aromatic N) is 9. The van der Waals surface area contributed by atoms with Gasteiger partial charge in [0.2, 0.25) is 15.0 Å². The Morgan fingerprint density at radius 3 is 1.40 bits per heavy atom. The molecule has 2 atom stereocenters. The van der Waals surface area contributed by atoms with E-state index in [1.807, 2.05) is 0 Å². The molecular weight excluding hydrogens is 555 g/mol. The Bertz CT molecular complexity index is 1030. The van der Waals surface area contributed by atoms with Crippen LogP contribution in [0.1, 0.15) is 92.9 Å². The first-order chi connectivity index (χ1) is 18.8. The number of likely N-dealkylation sites (N-methyl/N-ethyl adjacent to an activating group) is 2. The molecule has 0 aliphatic carbocycles. The first kappa shape index (κ1) is 31.9. The largest absolute Gasteiger partial charge is 0.300 e. The van der Waals surface area contributed by atoms with Gasteiger partial charge < -0.3 is 4.90 Å². The quantitative estimate of drug-likeness (QED) is 0.260. The van der Waals surface area contributed by atoms with Crippen molar-refractivity contribution in [3.05, 3.63) is 0 Å². The van der Waals surface area contributed by atoms with Crippen LogP contribution in [0, 0.1) is 0 Å². The zero-order chi connectivity index (χ0) is 28.8. The van der Waals surface area contributed by atoms with Crippen LogP contribution >= 0.6 is 22.4 Å². The van der Waals surface area contributed by atoms with Crippen LogP contribution in [-0.2, 0) is 0 Å². The van der Waals surface area contributed by atoms with E-state index >= 15 is 0 Å². The smallest absolute Gasteiger partial charge is 0.220 e. The molecule has 4 fully saturated rings. The van der Waals surface area contributed by atoms with E-state index in [0.29, 0.717) is 0 Å². The third-order valence-electron chi connectivity index (χ3n) is 9.85. The van der Waals surface area contributed by atoms with Gasteiger partial charge in [0.25, 0.3) is 0 Å². The van der Waals surface area contributed by atoms with E-state index in [4.69, 9.17) is 13.5 Å². The van der Waals surface area contributed by atoms with Crippen LogP contribution in [-0.4, -0.2) is 118 Å². The Kier molecular flexibility index (Phi) is 9.63. The third kappa shape index (κ3) is 5.80. The Labute approximate surface area is 247 Å². The van der Waals surface area contributed by atoms with E-state index in [2.05, 4.69) is 83.9 Å². The van der Waals surface area contributed by atoms with E-state index in [-0.39, 0.29) is 10.7 Å². The maximum atomic E-state index is 6.29. The van der Waals surface area contributed by atoms with Crippen molar-refractivity contribution < 1.29 is 0 Å². The summed E-state index contributed by atoms with van der Waals surface area (Å²) in [6, 6.07) is 0. The normalized spacial score (nSPS) is 33.1. The minimum absolute atomic E-state index is 0.00794. The van der Waals surface area contributed by atoms with Gasteiger partial charge in [-0.1, -0.05) is 20.8 Å². The zero-order valence-electron chi connectivity index (χ0n) is 27.1. The summed E-state index contributed by atoms with van der Waals surface area (Å²) in [5, 5.41) is -0.00794. The second-order valence-electron chi connectivity index (χ2n) is 14.7.